The Morgan fingerprint density at radius 1 is 0.935 bits per heavy atom. The van der Waals surface area contributed by atoms with Crippen LogP contribution in [0, 0.1) is 6.92 Å². The maximum atomic E-state index is 12.8. The maximum Gasteiger partial charge on any atom is 0.261 e. The third kappa shape index (κ3) is 5.93. The maximum absolute atomic E-state index is 12.8. The molecule has 0 saturated carbocycles. The quantitative estimate of drug-likeness (QED) is 0.561. The molecule has 6 nitrogen and oxygen atoms in total. The van der Waals surface area contributed by atoms with E-state index in [4.69, 9.17) is 0 Å². The zero-order valence-corrected chi connectivity index (χ0v) is 18.7. The van der Waals surface area contributed by atoms with E-state index in [9.17, 15) is 13.2 Å². The van der Waals surface area contributed by atoms with Crippen LogP contribution in [-0.4, -0.2) is 39.9 Å². The molecule has 0 saturated heterocycles. The number of rotatable bonds is 8. The fourth-order valence-electron chi connectivity index (χ4n) is 3.21. The van der Waals surface area contributed by atoms with Gasteiger partial charge < -0.3 is 10.2 Å². The average molecular weight is 438 g/mol. The van der Waals surface area contributed by atoms with Gasteiger partial charge in [-0.25, -0.2) is 8.42 Å². The minimum absolute atomic E-state index is 0.000249. The highest BCUT2D eigenvalue weighted by atomic mass is 32.2. The van der Waals surface area contributed by atoms with Gasteiger partial charge in [0.2, 0.25) is 0 Å². The minimum atomic E-state index is -3.81. The molecule has 2 N–H and O–H groups in total. The fourth-order valence-corrected chi connectivity index (χ4v) is 4.31. The topological polar surface area (TPSA) is 78.5 Å². The van der Waals surface area contributed by atoms with Crippen molar-refractivity contribution in [3.8, 4) is 0 Å². The lowest BCUT2D eigenvalue weighted by Crippen LogP contribution is -2.34. The summed E-state index contributed by atoms with van der Waals surface area (Å²) in [5.41, 5.74) is 2.88. The summed E-state index contributed by atoms with van der Waals surface area (Å²) in [5.74, 6) is -0.324. The highest BCUT2D eigenvalue weighted by Gasteiger charge is 2.18. The SMILES string of the molecule is Cc1ccc(NS(=O)(=O)c2cccc(C(=O)NCC(c3ccccc3)N(C)C)c2)cc1. The van der Waals surface area contributed by atoms with Crippen molar-refractivity contribution in [1.29, 1.82) is 0 Å². The zero-order chi connectivity index (χ0) is 22.4. The number of sulfonamides is 1. The molecule has 0 fully saturated rings. The van der Waals surface area contributed by atoms with E-state index in [-0.39, 0.29) is 22.4 Å². The molecule has 1 unspecified atom stereocenters. The molecule has 7 heteroatoms. The molecular formula is C24H27N3O3S. The molecule has 0 spiro atoms. The van der Waals surface area contributed by atoms with Gasteiger partial charge in [-0.2, -0.15) is 0 Å². The summed E-state index contributed by atoms with van der Waals surface area (Å²) in [7, 11) is 0.0962. The number of carbonyl (C=O) groups is 1. The number of anilines is 1. The molecule has 0 aliphatic heterocycles. The molecule has 0 radical (unpaired) electrons. The van der Waals surface area contributed by atoms with Gasteiger partial charge in [-0.3, -0.25) is 9.52 Å². The van der Waals surface area contributed by atoms with E-state index >= 15 is 0 Å². The summed E-state index contributed by atoms with van der Waals surface area (Å²) in [4.78, 5) is 14.8. The predicted molar refractivity (Wildman–Crippen MR) is 124 cm³/mol. The molecule has 31 heavy (non-hydrogen) atoms. The van der Waals surface area contributed by atoms with Crippen molar-refractivity contribution < 1.29 is 13.2 Å². The van der Waals surface area contributed by atoms with E-state index in [1.54, 1.807) is 24.3 Å². The molecule has 0 aliphatic carbocycles. The molecule has 3 aromatic rings. The van der Waals surface area contributed by atoms with Gasteiger partial charge in [0.05, 0.1) is 10.9 Å². The molecule has 162 valence electrons. The molecule has 0 aromatic heterocycles. The van der Waals surface area contributed by atoms with Gasteiger partial charge >= 0.3 is 0 Å². The molecule has 0 heterocycles. The van der Waals surface area contributed by atoms with Crippen LogP contribution in [0.4, 0.5) is 5.69 Å². The highest BCUT2D eigenvalue weighted by Crippen LogP contribution is 2.19. The van der Waals surface area contributed by atoms with Crippen LogP contribution in [0.2, 0.25) is 0 Å². The van der Waals surface area contributed by atoms with Crippen LogP contribution in [0.1, 0.15) is 27.5 Å². The monoisotopic (exact) mass is 437 g/mol. The summed E-state index contributed by atoms with van der Waals surface area (Å²) < 4.78 is 28.1. The Balaban J connectivity index is 1.72. The first-order chi connectivity index (χ1) is 14.8. The minimum Gasteiger partial charge on any atom is -0.350 e. The van der Waals surface area contributed by atoms with Gasteiger partial charge in [0.25, 0.3) is 15.9 Å². The lowest BCUT2D eigenvalue weighted by molar-refractivity contribution is 0.0941. The molecular weight excluding hydrogens is 410 g/mol. The number of hydrogen-bond acceptors (Lipinski definition) is 4. The third-order valence-electron chi connectivity index (χ3n) is 4.97. The van der Waals surface area contributed by atoms with Gasteiger partial charge in [0.15, 0.2) is 0 Å². The van der Waals surface area contributed by atoms with Crippen LogP contribution in [0.3, 0.4) is 0 Å². The molecule has 0 aliphatic rings. The number of likely N-dealkylation sites (N-methyl/N-ethyl adjacent to an activating group) is 1. The van der Waals surface area contributed by atoms with Crippen LogP contribution >= 0.6 is 0 Å². The standard InChI is InChI=1S/C24H27N3O3S/c1-18-12-14-21(15-13-18)26-31(29,30)22-11-7-10-20(16-22)24(28)25-17-23(27(2)3)19-8-5-4-6-9-19/h4-16,23,26H,17H2,1-3H3,(H,25,28). The van der Waals surface area contributed by atoms with E-state index in [1.807, 2.05) is 68.4 Å². The Hall–Kier alpha value is -3.16. The first-order valence-corrected chi connectivity index (χ1v) is 11.4. The number of amides is 1. The van der Waals surface area contributed by atoms with Crippen molar-refractivity contribution >= 4 is 21.6 Å². The smallest absolute Gasteiger partial charge is 0.261 e. The molecule has 1 atom stereocenters. The van der Waals surface area contributed by atoms with Crippen LogP contribution in [0.5, 0.6) is 0 Å². The Bertz CT molecular complexity index is 1130. The Kier molecular flexibility index (Phi) is 7.09. The number of benzene rings is 3. The van der Waals surface area contributed by atoms with Gasteiger partial charge in [-0.1, -0.05) is 54.1 Å². The highest BCUT2D eigenvalue weighted by molar-refractivity contribution is 7.92. The van der Waals surface area contributed by atoms with Crippen molar-refractivity contribution in [1.82, 2.24) is 10.2 Å². The van der Waals surface area contributed by atoms with E-state index in [0.29, 0.717) is 12.2 Å². The molecule has 3 aromatic carbocycles. The number of nitrogens with zero attached hydrogens (tertiary/aromatic N) is 1. The molecule has 0 bridgehead atoms. The third-order valence-corrected chi connectivity index (χ3v) is 6.35. The predicted octanol–water partition coefficient (Wildman–Crippen LogP) is 3.83. The second-order valence-corrected chi connectivity index (χ2v) is 9.28. The first-order valence-electron chi connectivity index (χ1n) is 9.95. The van der Waals surface area contributed by atoms with Crippen molar-refractivity contribution in [2.45, 2.75) is 17.9 Å². The van der Waals surface area contributed by atoms with Crippen molar-refractivity contribution in [3.63, 3.8) is 0 Å². The Morgan fingerprint density at radius 3 is 2.26 bits per heavy atom. The number of carbonyl (C=O) groups excluding carboxylic acids is 1. The molecule has 1 amide bonds. The first kappa shape index (κ1) is 22.5. The summed E-state index contributed by atoms with van der Waals surface area (Å²) in [6.45, 7) is 2.33. The van der Waals surface area contributed by atoms with Crippen molar-refractivity contribution in [3.05, 3.63) is 95.6 Å². The van der Waals surface area contributed by atoms with Crippen LogP contribution in [-0.2, 0) is 10.0 Å². The lowest BCUT2D eigenvalue weighted by atomic mass is 10.1. The van der Waals surface area contributed by atoms with Gasteiger partial charge in [0.1, 0.15) is 0 Å². The zero-order valence-electron chi connectivity index (χ0n) is 17.9. The number of nitrogens with one attached hydrogen (secondary N) is 2. The van der Waals surface area contributed by atoms with Crippen LogP contribution < -0.4 is 10.0 Å². The summed E-state index contributed by atoms with van der Waals surface area (Å²) in [6, 6.07) is 23.0. The van der Waals surface area contributed by atoms with E-state index in [2.05, 4.69) is 10.0 Å². The number of aryl methyl sites for hydroxylation is 1. The summed E-state index contributed by atoms with van der Waals surface area (Å²) in [6.07, 6.45) is 0. The Labute approximate surface area is 184 Å². The van der Waals surface area contributed by atoms with Crippen molar-refractivity contribution in [2.24, 2.45) is 0 Å². The van der Waals surface area contributed by atoms with Crippen LogP contribution in [0.25, 0.3) is 0 Å². The average Bonchev–Trinajstić information content (AvgIpc) is 2.76. The second kappa shape index (κ2) is 9.76. The summed E-state index contributed by atoms with van der Waals surface area (Å²) in [5, 5.41) is 2.92. The fraction of sp³-hybridized carbons (Fsp3) is 0.208. The van der Waals surface area contributed by atoms with E-state index in [0.717, 1.165) is 11.1 Å². The van der Waals surface area contributed by atoms with Crippen LogP contribution in [0.15, 0.2) is 83.8 Å². The number of hydrogen-bond donors (Lipinski definition) is 2. The van der Waals surface area contributed by atoms with Gasteiger partial charge in [-0.05, 0) is 56.9 Å². The normalized spacial score (nSPS) is 12.4. The summed E-state index contributed by atoms with van der Waals surface area (Å²) >= 11 is 0. The Morgan fingerprint density at radius 2 is 1.61 bits per heavy atom. The van der Waals surface area contributed by atoms with Gasteiger partial charge in [0, 0.05) is 17.8 Å². The van der Waals surface area contributed by atoms with E-state index in [1.165, 1.54) is 12.1 Å². The second-order valence-electron chi connectivity index (χ2n) is 7.60. The molecule has 3 rings (SSSR count). The lowest BCUT2D eigenvalue weighted by Gasteiger charge is -2.25. The van der Waals surface area contributed by atoms with Crippen molar-refractivity contribution in [2.75, 3.05) is 25.4 Å². The van der Waals surface area contributed by atoms with Gasteiger partial charge in [-0.15, -0.1) is 0 Å². The van der Waals surface area contributed by atoms with E-state index < -0.39 is 10.0 Å². The largest absolute Gasteiger partial charge is 0.350 e.